The molecule has 3 rings (SSSR count). The van der Waals surface area contributed by atoms with Crippen molar-refractivity contribution in [3.8, 4) is 0 Å². The van der Waals surface area contributed by atoms with Gasteiger partial charge >= 0.3 is 0 Å². The molecule has 0 bridgehead atoms. The molecule has 1 saturated carbocycles. The summed E-state index contributed by atoms with van der Waals surface area (Å²) < 4.78 is 15.7. The molecule has 4 heteroatoms. The quantitative estimate of drug-likeness (QED) is 0.932. The van der Waals surface area contributed by atoms with Crippen molar-refractivity contribution >= 4 is 0 Å². The molecule has 0 radical (unpaired) electrons. The SMILES string of the molecule is Cc1ccc(C(N)Cc2ccn(C3CCCC3)n2)cc1F. The number of nitrogens with zero attached hydrogens (tertiary/aromatic N) is 2. The molecule has 1 atom stereocenters. The minimum Gasteiger partial charge on any atom is -0.324 e. The third-order valence-electron chi connectivity index (χ3n) is 4.42. The summed E-state index contributed by atoms with van der Waals surface area (Å²) in [5.41, 5.74) is 8.65. The molecule has 112 valence electrons. The first-order chi connectivity index (χ1) is 10.1. The van der Waals surface area contributed by atoms with Crippen LogP contribution in [0.15, 0.2) is 30.5 Å². The van der Waals surface area contributed by atoms with Crippen molar-refractivity contribution in [2.24, 2.45) is 5.73 Å². The standard InChI is InChI=1S/C17H22FN3/c1-12-6-7-13(10-16(12)18)17(19)11-14-8-9-21(20-14)15-4-2-3-5-15/h6-10,15,17H,2-5,11,19H2,1H3. The van der Waals surface area contributed by atoms with Crippen LogP contribution in [0, 0.1) is 12.7 Å². The summed E-state index contributed by atoms with van der Waals surface area (Å²) in [7, 11) is 0. The molecular formula is C17H22FN3. The smallest absolute Gasteiger partial charge is 0.126 e. The molecular weight excluding hydrogens is 265 g/mol. The maximum Gasteiger partial charge on any atom is 0.126 e. The maximum absolute atomic E-state index is 13.6. The van der Waals surface area contributed by atoms with Crippen LogP contribution in [-0.2, 0) is 6.42 Å². The number of aryl methyl sites for hydroxylation is 1. The molecule has 1 fully saturated rings. The lowest BCUT2D eigenvalue weighted by atomic mass is 10.0. The highest BCUT2D eigenvalue weighted by atomic mass is 19.1. The molecule has 1 aliphatic carbocycles. The van der Waals surface area contributed by atoms with Gasteiger partial charge in [0.25, 0.3) is 0 Å². The summed E-state index contributed by atoms with van der Waals surface area (Å²) in [6.45, 7) is 1.76. The van der Waals surface area contributed by atoms with E-state index < -0.39 is 0 Å². The zero-order valence-electron chi connectivity index (χ0n) is 12.4. The van der Waals surface area contributed by atoms with Crippen LogP contribution in [0.2, 0.25) is 0 Å². The lowest BCUT2D eigenvalue weighted by Crippen LogP contribution is -2.14. The Balaban J connectivity index is 1.69. The van der Waals surface area contributed by atoms with Gasteiger partial charge in [0.15, 0.2) is 0 Å². The first-order valence-corrected chi connectivity index (χ1v) is 7.69. The second-order valence-corrected chi connectivity index (χ2v) is 6.04. The molecule has 0 saturated heterocycles. The molecule has 2 N–H and O–H groups in total. The Labute approximate surface area is 125 Å². The summed E-state index contributed by atoms with van der Waals surface area (Å²) in [6.07, 6.45) is 7.71. The topological polar surface area (TPSA) is 43.8 Å². The highest BCUT2D eigenvalue weighted by Crippen LogP contribution is 2.29. The average molecular weight is 287 g/mol. The van der Waals surface area contributed by atoms with E-state index in [2.05, 4.69) is 9.78 Å². The van der Waals surface area contributed by atoms with E-state index in [1.807, 2.05) is 18.3 Å². The number of benzene rings is 1. The summed E-state index contributed by atoms with van der Waals surface area (Å²) in [4.78, 5) is 0. The largest absolute Gasteiger partial charge is 0.324 e. The second-order valence-electron chi connectivity index (χ2n) is 6.04. The number of halogens is 1. The van der Waals surface area contributed by atoms with Crippen molar-refractivity contribution in [2.45, 2.75) is 51.1 Å². The summed E-state index contributed by atoms with van der Waals surface area (Å²) in [6, 6.07) is 7.58. The van der Waals surface area contributed by atoms with E-state index in [4.69, 9.17) is 5.73 Å². The fourth-order valence-electron chi connectivity index (χ4n) is 3.04. The lowest BCUT2D eigenvalue weighted by molar-refractivity contribution is 0.461. The van der Waals surface area contributed by atoms with E-state index in [1.165, 1.54) is 31.7 Å². The Kier molecular flexibility index (Phi) is 4.06. The number of rotatable bonds is 4. The van der Waals surface area contributed by atoms with Crippen molar-refractivity contribution in [3.63, 3.8) is 0 Å². The Morgan fingerprint density at radius 1 is 1.33 bits per heavy atom. The first-order valence-electron chi connectivity index (χ1n) is 7.69. The zero-order valence-corrected chi connectivity index (χ0v) is 12.4. The van der Waals surface area contributed by atoms with Crippen molar-refractivity contribution < 1.29 is 4.39 Å². The van der Waals surface area contributed by atoms with Crippen molar-refractivity contribution in [3.05, 3.63) is 53.1 Å². The normalized spacial score (nSPS) is 17.3. The Morgan fingerprint density at radius 2 is 2.10 bits per heavy atom. The summed E-state index contributed by atoms with van der Waals surface area (Å²) >= 11 is 0. The molecule has 0 amide bonds. The second kappa shape index (κ2) is 5.98. The predicted molar refractivity (Wildman–Crippen MR) is 81.5 cm³/mol. The van der Waals surface area contributed by atoms with Crippen molar-refractivity contribution in [2.75, 3.05) is 0 Å². The average Bonchev–Trinajstić information content (AvgIpc) is 3.12. The van der Waals surface area contributed by atoms with Gasteiger partial charge in [0, 0.05) is 18.7 Å². The molecule has 1 aliphatic rings. The molecule has 1 unspecified atom stereocenters. The van der Waals surface area contributed by atoms with Crippen LogP contribution in [-0.4, -0.2) is 9.78 Å². The van der Waals surface area contributed by atoms with E-state index >= 15 is 0 Å². The fourth-order valence-corrected chi connectivity index (χ4v) is 3.04. The first kappa shape index (κ1) is 14.3. The zero-order chi connectivity index (χ0) is 14.8. The molecule has 1 aromatic carbocycles. The van der Waals surface area contributed by atoms with Gasteiger partial charge in [0.2, 0.25) is 0 Å². The van der Waals surface area contributed by atoms with Crippen LogP contribution in [0.3, 0.4) is 0 Å². The van der Waals surface area contributed by atoms with E-state index in [9.17, 15) is 4.39 Å². The van der Waals surface area contributed by atoms with Gasteiger partial charge in [-0.05, 0) is 43.0 Å². The third-order valence-corrected chi connectivity index (χ3v) is 4.42. The lowest BCUT2D eigenvalue weighted by Gasteiger charge is -2.12. The van der Waals surface area contributed by atoms with Gasteiger partial charge in [-0.3, -0.25) is 4.68 Å². The highest BCUT2D eigenvalue weighted by Gasteiger charge is 2.18. The van der Waals surface area contributed by atoms with Gasteiger partial charge in [-0.1, -0.05) is 25.0 Å². The summed E-state index contributed by atoms with van der Waals surface area (Å²) in [5.74, 6) is -0.195. The van der Waals surface area contributed by atoms with Gasteiger partial charge < -0.3 is 5.73 Å². The predicted octanol–water partition coefficient (Wildman–Crippen LogP) is 3.69. The van der Waals surface area contributed by atoms with Gasteiger partial charge in [0.1, 0.15) is 5.82 Å². The molecule has 3 nitrogen and oxygen atoms in total. The van der Waals surface area contributed by atoms with Crippen LogP contribution < -0.4 is 5.73 Å². The van der Waals surface area contributed by atoms with Crippen LogP contribution in [0.1, 0.15) is 54.6 Å². The molecule has 21 heavy (non-hydrogen) atoms. The fraction of sp³-hybridized carbons (Fsp3) is 0.471. The van der Waals surface area contributed by atoms with E-state index in [0.29, 0.717) is 18.0 Å². The monoisotopic (exact) mass is 287 g/mol. The summed E-state index contributed by atoms with van der Waals surface area (Å²) in [5, 5.41) is 4.64. The van der Waals surface area contributed by atoms with Gasteiger partial charge in [0.05, 0.1) is 11.7 Å². The van der Waals surface area contributed by atoms with Gasteiger partial charge in [-0.2, -0.15) is 5.10 Å². The molecule has 1 heterocycles. The maximum atomic E-state index is 13.6. The highest BCUT2D eigenvalue weighted by molar-refractivity contribution is 5.26. The van der Waals surface area contributed by atoms with E-state index in [-0.39, 0.29) is 11.9 Å². The van der Waals surface area contributed by atoms with Crippen LogP contribution in [0.25, 0.3) is 0 Å². The van der Waals surface area contributed by atoms with E-state index in [1.54, 1.807) is 13.0 Å². The number of nitrogens with two attached hydrogens (primary N) is 1. The number of aromatic nitrogens is 2. The minimum absolute atomic E-state index is 0.195. The Morgan fingerprint density at radius 3 is 2.81 bits per heavy atom. The van der Waals surface area contributed by atoms with E-state index in [0.717, 1.165) is 11.3 Å². The van der Waals surface area contributed by atoms with Gasteiger partial charge in [-0.15, -0.1) is 0 Å². The Hall–Kier alpha value is -1.68. The van der Waals surface area contributed by atoms with Crippen molar-refractivity contribution in [1.29, 1.82) is 0 Å². The minimum atomic E-state index is -0.216. The van der Waals surface area contributed by atoms with Crippen LogP contribution in [0.4, 0.5) is 4.39 Å². The van der Waals surface area contributed by atoms with Crippen LogP contribution >= 0.6 is 0 Å². The Bertz CT molecular complexity index is 614. The molecule has 1 aromatic heterocycles. The molecule has 0 spiro atoms. The number of hydrogen-bond acceptors (Lipinski definition) is 2. The third kappa shape index (κ3) is 3.16. The van der Waals surface area contributed by atoms with Crippen molar-refractivity contribution in [1.82, 2.24) is 9.78 Å². The number of hydrogen-bond donors (Lipinski definition) is 1. The molecule has 0 aliphatic heterocycles. The van der Waals surface area contributed by atoms with Crippen LogP contribution in [0.5, 0.6) is 0 Å². The van der Waals surface area contributed by atoms with Gasteiger partial charge in [-0.25, -0.2) is 4.39 Å². The molecule has 2 aromatic rings.